The minimum absolute atomic E-state index is 0.158. The molecule has 0 aliphatic heterocycles. The maximum Gasteiger partial charge on any atom is 0.339 e. The molecule has 0 aliphatic rings. The zero-order valence-corrected chi connectivity index (χ0v) is 13.3. The van der Waals surface area contributed by atoms with Crippen LogP contribution in [0, 0.1) is 13.8 Å². The third-order valence-electron chi connectivity index (χ3n) is 3.84. The van der Waals surface area contributed by atoms with Gasteiger partial charge in [-0.15, -0.1) is 5.11 Å². The molecule has 0 saturated carbocycles. The highest BCUT2D eigenvalue weighted by Crippen LogP contribution is 2.39. The molecular formula is C19H16N2O3. The molecule has 0 unspecified atom stereocenters. The summed E-state index contributed by atoms with van der Waals surface area (Å²) < 4.78 is 0. The van der Waals surface area contributed by atoms with Crippen LogP contribution in [0.4, 0.5) is 11.4 Å². The van der Waals surface area contributed by atoms with Gasteiger partial charge in [0.25, 0.3) is 0 Å². The SMILES string of the molecule is Cc1ccc(/N=N/c2c(O)c(C(=O)O)cc3ccccc23)c(C)c1. The molecule has 120 valence electrons. The first-order chi connectivity index (χ1) is 11.5. The van der Waals surface area contributed by atoms with Crippen LogP contribution >= 0.6 is 0 Å². The average molecular weight is 320 g/mol. The Morgan fingerprint density at radius 2 is 1.75 bits per heavy atom. The molecule has 0 fully saturated rings. The van der Waals surface area contributed by atoms with Crippen molar-refractivity contribution in [1.82, 2.24) is 0 Å². The highest BCUT2D eigenvalue weighted by molar-refractivity contribution is 6.04. The van der Waals surface area contributed by atoms with Gasteiger partial charge in [-0.05, 0) is 36.9 Å². The maximum absolute atomic E-state index is 11.4. The molecule has 0 heterocycles. The predicted molar refractivity (Wildman–Crippen MR) is 92.7 cm³/mol. The second-order valence-corrected chi connectivity index (χ2v) is 5.64. The van der Waals surface area contributed by atoms with Gasteiger partial charge in [0.15, 0.2) is 5.75 Å². The van der Waals surface area contributed by atoms with Gasteiger partial charge >= 0.3 is 5.97 Å². The molecule has 0 aliphatic carbocycles. The average Bonchev–Trinajstić information content (AvgIpc) is 2.55. The van der Waals surface area contributed by atoms with Crippen LogP contribution in [0.1, 0.15) is 21.5 Å². The fourth-order valence-electron chi connectivity index (χ4n) is 2.60. The fourth-order valence-corrected chi connectivity index (χ4v) is 2.60. The lowest BCUT2D eigenvalue weighted by Crippen LogP contribution is -1.97. The first-order valence-corrected chi connectivity index (χ1v) is 7.44. The van der Waals surface area contributed by atoms with Crippen LogP contribution in [0.25, 0.3) is 10.8 Å². The van der Waals surface area contributed by atoms with Gasteiger partial charge in [-0.1, -0.05) is 42.0 Å². The third kappa shape index (κ3) is 2.84. The minimum atomic E-state index is -1.21. The fraction of sp³-hybridized carbons (Fsp3) is 0.105. The number of carboxylic acid groups (broad SMARTS) is 1. The molecule has 0 atom stereocenters. The summed E-state index contributed by atoms with van der Waals surface area (Å²) in [5.41, 5.74) is 2.71. The second-order valence-electron chi connectivity index (χ2n) is 5.64. The number of fused-ring (bicyclic) bond motifs is 1. The van der Waals surface area contributed by atoms with E-state index in [-0.39, 0.29) is 17.0 Å². The van der Waals surface area contributed by atoms with Crippen molar-refractivity contribution in [2.24, 2.45) is 10.2 Å². The van der Waals surface area contributed by atoms with Crippen molar-refractivity contribution >= 4 is 28.1 Å². The van der Waals surface area contributed by atoms with E-state index in [2.05, 4.69) is 10.2 Å². The van der Waals surface area contributed by atoms with E-state index < -0.39 is 5.97 Å². The quantitative estimate of drug-likeness (QED) is 0.644. The van der Waals surface area contributed by atoms with Gasteiger partial charge in [0.1, 0.15) is 11.3 Å². The topological polar surface area (TPSA) is 82.2 Å². The van der Waals surface area contributed by atoms with E-state index in [1.165, 1.54) is 6.07 Å². The summed E-state index contributed by atoms with van der Waals surface area (Å²) >= 11 is 0. The van der Waals surface area contributed by atoms with Crippen LogP contribution in [-0.4, -0.2) is 16.2 Å². The summed E-state index contributed by atoms with van der Waals surface area (Å²) in [6.45, 7) is 3.91. The van der Waals surface area contributed by atoms with Gasteiger partial charge in [0, 0.05) is 5.39 Å². The van der Waals surface area contributed by atoms with E-state index in [1.807, 2.05) is 32.0 Å². The van der Waals surface area contributed by atoms with Gasteiger partial charge in [-0.25, -0.2) is 4.79 Å². The second kappa shape index (κ2) is 6.12. The van der Waals surface area contributed by atoms with Crippen molar-refractivity contribution in [3.8, 4) is 5.75 Å². The Balaban J connectivity index is 2.19. The van der Waals surface area contributed by atoms with Gasteiger partial charge in [0.2, 0.25) is 0 Å². The van der Waals surface area contributed by atoms with E-state index in [0.717, 1.165) is 11.1 Å². The molecule has 0 aromatic heterocycles. The number of nitrogens with zero attached hydrogens (tertiary/aromatic N) is 2. The lowest BCUT2D eigenvalue weighted by Gasteiger charge is -2.08. The van der Waals surface area contributed by atoms with Crippen LogP contribution in [0.3, 0.4) is 0 Å². The largest absolute Gasteiger partial charge is 0.505 e. The summed E-state index contributed by atoms with van der Waals surface area (Å²) in [5.74, 6) is -1.59. The van der Waals surface area contributed by atoms with Crippen molar-refractivity contribution in [2.75, 3.05) is 0 Å². The van der Waals surface area contributed by atoms with Crippen LogP contribution in [0.2, 0.25) is 0 Å². The molecule has 0 bridgehead atoms. The number of aryl methyl sites for hydroxylation is 2. The number of aromatic hydroxyl groups is 1. The van der Waals surface area contributed by atoms with Crippen LogP contribution in [0.5, 0.6) is 5.75 Å². The van der Waals surface area contributed by atoms with Crippen LogP contribution < -0.4 is 0 Å². The Morgan fingerprint density at radius 3 is 2.46 bits per heavy atom. The molecule has 3 aromatic rings. The molecule has 0 saturated heterocycles. The smallest absolute Gasteiger partial charge is 0.339 e. The molecule has 3 rings (SSSR count). The Bertz CT molecular complexity index is 978. The number of carboxylic acids is 1. The predicted octanol–water partition coefficient (Wildman–Crippen LogP) is 5.28. The Kier molecular flexibility index (Phi) is 4.00. The van der Waals surface area contributed by atoms with E-state index in [1.54, 1.807) is 24.3 Å². The van der Waals surface area contributed by atoms with Crippen LogP contribution in [0.15, 0.2) is 58.8 Å². The lowest BCUT2D eigenvalue weighted by molar-refractivity contribution is 0.0694. The standard InChI is InChI=1S/C19H16N2O3/c1-11-7-8-16(12(2)9-11)20-21-17-14-6-4-3-5-13(14)10-15(18(17)22)19(23)24/h3-10,22H,1-2H3,(H,23,24)/b21-20+. The monoisotopic (exact) mass is 320 g/mol. The highest BCUT2D eigenvalue weighted by atomic mass is 16.4. The summed E-state index contributed by atoms with van der Waals surface area (Å²) in [4.78, 5) is 11.4. The zero-order chi connectivity index (χ0) is 17.3. The molecule has 0 amide bonds. The van der Waals surface area contributed by atoms with Crippen molar-refractivity contribution in [1.29, 1.82) is 0 Å². The number of benzene rings is 3. The Labute approximate surface area is 138 Å². The first kappa shape index (κ1) is 15.7. The van der Waals surface area contributed by atoms with Gasteiger partial charge in [0.05, 0.1) is 5.69 Å². The minimum Gasteiger partial charge on any atom is -0.505 e. The molecule has 3 aromatic carbocycles. The summed E-state index contributed by atoms with van der Waals surface area (Å²) in [7, 11) is 0. The number of phenols is 1. The van der Waals surface area contributed by atoms with E-state index in [9.17, 15) is 15.0 Å². The molecule has 5 heteroatoms. The molecule has 0 radical (unpaired) electrons. The Hall–Kier alpha value is -3.21. The molecule has 5 nitrogen and oxygen atoms in total. The van der Waals surface area contributed by atoms with E-state index in [0.29, 0.717) is 16.5 Å². The van der Waals surface area contributed by atoms with Crippen molar-refractivity contribution in [2.45, 2.75) is 13.8 Å². The molecule has 2 N–H and O–H groups in total. The molecular weight excluding hydrogens is 304 g/mol. The van der Waals surface area contributed by atoms with Gasteiger partial charge < -0.3 is 10.2 Å². The molecule has 24 heavy (non-hydrogen) atoms. The Morgan fingerprint density at radius 1 is 1.00 bits per heavy atom. The number of hydrogen-bond donors (Lipinski definition) is 2. The summed E-state index contributed by atoms with van der Waals surface area (Å²) in [6.07, 6.45) is 0. The first-order valence-electron chi connectivity index (χ1n) is 7.44. The number of aromatic carboxylic acids is 1. The third-order valence-corrected chi connectivity index (χ3v) is 3.84. The zero-order valence-electron chi connectivity index (χ0n) is 13.3. The number of carbonyl (C=O) groups is 1. The highest BCUT2D eigenvalue weighted by Gasteiger charge is 2.17. The van der Waals surface area contributed by atoms with Crippen molar-refractivity contribution in [3.05, 3.63) is 65.2 Å². The number of hydrogen-bond acceptors (Lipinski definition) is 4. The summed E-state index contributed by atoms with van der Waals surface area (Å²) in [5, 5.41) is 29.3. The maximum atomic E-state index is 11.4. The van der Waals surface area contributed by atoms with Crippen LogP contribution in [-0.2, 0) is 0 Å². The molecule has 0 spiro atoms. The van der Waals surface area contributed by atoms with E-state index >= 15 is 0 Å². The lowest BCUT2D eigenvalue weighted by atomic mass is 10.0. The van der Waals surface area contributed by atoms with Gasteiger partial charge in [-0.2, -0.15) is 5.11 Å². The van der Waals surface area contributed by atoms with E-state index in [4.69, 9.17) is 0 Å². The number of azo groups is 1. The number of rotatable bonds is 3. The van der Waals surface area contributed by atoms with Crippen molar-refractivity contribution < 1.29 is 15.0 Å². The van der Waals surface area contributed by atoms with Crippen molar-refractivity contribution in [3.63, 3.8) is 0 Å². The summed E-state index contributed by atoms with van der Waals surface area (Å²) in [6, 6.07) is 14.3. The van der Waals surface area contributed by atoms with Gasteiger partial charge in [-0.3, -0.25) is 0 Å². The normalized spacial score (nSPS) is 11.2.